The van der Waals surface area contributed by atoms with Crippen molar-refractivity contribution in [1.29, 1.82) is 0 Å². The number of halogens is 1. The van der Waals surface area contributed by atoms with Gasteiger partial charge in [0.05, 0.1) is 27.4 Å². The number of hydrogen-bond donors (Lipinski definition) is 3. The largest absolute Gasteiger partial charge is 0.483 e. The standard InChI is InChI=1S/C33H27FN4O7S3/c34-15-5-9-17(10-6-15)38-31(40)26-20-13-21(27(26)32(38)41)28-25(20)24(29-30(46-28)37-33(42)47-29)19-3-1-2-4-22(19)45-14-23(39)36-16-7-11-18(12-8-16)48(35,43)44/h1-12,20-21,24-28H,13-14H2,(H,36,39)(H,37,42)(H2,35,43,44)/t20-,21-,24-,25?,26?,27?,28?/m1/s1. The minimum absolute atomic E-state index is 0.0550. The number of H-pyrrole nitrogens is 1. The number of anilines is 2. The van der Waals surface area contributed by atoms with Gasteiger partial charge in [0.15, 0.2) is 6.61 Å². The van der Waals surface area contributed by atoms with Crippen LogP contribution in [0.1, 0.15) is 22.8 Å². The highest BCUT2D eigenvalue weighted by Gasteiger charge is 2.69. The molecule has 48 heavy (non-hydrogen) atoms. The summed E-state index contributed by atoms with van der Waals surface area (Å²) < 4.78 is 42.9. The molecule has 3 amide bonds. The van der Waals surface area contributed by atoms with Gasteiger partial charge in [-0.25, -0.2) is 17.9 Å². The number of carbonyl (C=O) groups excluding carboxylic acids is 3. The number of primary sulfonamides is 1. The lowest BCUT2D eigenvalue weighted by atomic mass is 9.68. The first-order valence-corrected chi connectivity index (χ1v) is 18.4. The van der Waals surface area contributed by atoms with Crippen LogP contribution in [0.3, 0.4) is 0 Å². The molecule has 3 fully saturated rings. The van der Waals surface area contributed by atoms with Gasteiger partial charge in [-0.15, -0.1) is 11.8 Å². The Morgan fingerprint density at radius 2 is 1.67 bits per heavy atom. The van der Waals surface area contributed by atoms with E-state index in [9.17, 15) is 32.0 Å². The van der Waals surface area contributed by atoms with Gasteiger partial charge in [-0.05, 0) is 78.8 Å². The molecule has 3 heterocycles. The number of nitrogens with one attached hydrogen (secondary N) is 2. The van der Waals surface area contributed by atoms with Crippen LogP contribution in [-0.2, 0) is 24.4 Å². The summed E-state index contributed by atoms with van der Waals surface area (Å²) in [6, 6.07) is 18.1. The molecule has 2 bridgehead atoms. The number of carbonyl (C=O) groups is 3. The van der Waals surface area contributed by atoms with E-state index >= 15 is 0 Å². The molecule has 2 aliphatic heterocycles. The average molecular weight is 707 g/mol. The predicted molar refractivity (Wildman–Crippen MR) is 176 cm³/mol. The van der Waals surface area contributed by atoms with Crippen molar-refractivity contribution in [3.63, 3.8) is 0 Å². The van der Waals surface area contributed by atoms with Gasteiger partial charge in [0.25, 0.3) is 5.91 Å². The molecule has 3 aromatic carbocycles. The number of thioether (sulfide) groups is 1. The molecule has 246 valence electrons. The number of nitrogens with two attached hydrogens (primary N) is 1. The van der Waals surface area contributed by atoms with Gasteiger partial charge in [-0.1, -0.05) is 29.5 Å². The van der Waals surface area contributed by atoms with Crippen molar-refractivity contribution in [3.8, 4) is 5.75 Å². The molecule has 2 aliphatic carbocycles. The fourth-order valence-corrected chi connectivity index (χ4v) is 11.5. The molecular formula is C33H27FN4O7S3. The van der Waals surface area contributed by atoms with E-state index in [1.165, 1.54) is 53.4 Å². The molecule has 11 nitrogen and oxygen atoms in total. The number of sulfonamides is 1. The summed E-state index contributed by atoms with van der Waals surface area (Å²) in [6.45, 7) is -0.351. The van der Waals surface area contributed by atoms with E-state index < -0.39 is 33.6 Å². The number of fused-ring (bicyclic) bond motifs is 9. The summed E-state index contributed by atoms with van der Waals surface area (Å²) in [5.74, 6) is -2.74. The van der Waals surface area contributed by atoms with Gasteiger partial charge in [-0.2, -0.15) is 0 Å². The van der Waals surface area contributed by atoms with E-state index in [0.717, 1.165) is 26.8 Å². The zero-order valence-corrected chi connectivity index (χ0v) is 27.3. The first kappa shape index (κ1) is 31.0. The number of para-hydroxylation sites is 1. The third-order valence-electron chi connectivity index (χ3n) is 9.89. The molecule has 4 aliphatic rings. The zero-order chi connectivity index (χ0) is 33.5. The topological polar surface area (TPSA) is 169 Å². The highest BCUT2D eigenvalue weighted by atomic mass is 32.2. The van der Waals surface area contributed by atoms with Gasteiger partial charge in [0, 0.05) is 27.3 Å². The second-order valence-electron chi connectivity index (χ2n) is 12.4. The number of imide groups is 1. The van der Waals surface area contributed by atoms with Crippen molar-refractivity contribution in [1.82, 2.24) is 4.98 Å². The van der Waals surface area contributed by atoms with Crippen molar-refractivity contribution in [2.75, 3.05) is 16.8 Å². The molecule has 4 unspecified atom stereocenters. The Kier molecular flexibility index (Phi) is 7.36. The van der Waals surface area contributed by atoms with Crippen LogP contribution in [0.15, 0.2) is 87.5 Å². The van der Waals surface area contributed by atoms with Gasteiger partial charge in [0.2, 0.25) is 21.8 Å². The van der Waals surface area contributed by atoms with Crippen LogP contribution in [0.5, 0.6) is 5.75 Å². The number of nitrogens with zero attached hydrogens (tertiary/aromatic N) is 1. The Hall–Kier alpha value is -4.31. The van der Waals surface area contributed by atoms with Crippen molar-refractivity contribution < 1.29 is 31.9 Å². The number of rotatable bonds is 7. The molecule has 2 saturated carbocycles. The number of aromatic amines is 1. The number of aromatic nitrogens is 1. The normalized spacial score (nSPS) is 27.0. The van der Waals surface area contributed by atoms with Gasteiger partial charge in [-0.3, -0.25) is 24.1 Å². The summed E-state index contributed by atoms with van der Waals surface area (Å²) in [5.41, 5.74) is 1.49. The number of hydrogen-bond acceptors (Lipinski definition) is 9. The fraction of sp³-hybridized carbons (Fsp3) is 0.273. The highest BCUT2D eigenvalue weighted by Crippen LogP contribution is 2.69. The van der Waals surface area contributed by atoms with Crippen LogP contribution in [0, 0.1) is 35.4 Å². The zero-order valence-electron chi connectivity index (χ0n) is 24.9. The molecule has 7 atom stereocenters. The number of amides is 3. The molecule has 15 heteroatoms. The highest BCUT2D eigenvalue weighted by molar-refractivity contribution is 8.00. The molecule has 1 saturated heterocycles. The van der Waals surface area contributed by atoms with Crippen LogP contribution in [0.25, 0.3) is 0 Å². The molecule has 1 aromatic heterocycles. The van der Waals surface area contributed by atoms with E-state index in [0.29, 0.717) is 23.5 Å². The average Bonchev–Trinajstić information content (AvgIpc) is 3.79. The number of ether oxygens (including phenoxy) is 1. The molecule has 8 rings (SSSR count). The summed E-state index contributed by atoms with van der Waals surface area (Å²) in [7, 11) is -3.88. The lowest BCUT2D eigenvalue weighted by Crippen LogP contribution is -2.42. The van der Waals surface area contributed by atoms with Crippen LogP contribution < -0.4 is 25.0 Å². The Labute approximate surface area is 281 Å². The third kappa shape index (κ3) is 4.98. The Morgan fingerprint density at radius 3 is 2.38 bits per heavy atom. The minimum Gasteiger partial charge on any atom is -0.483 e. The SMILES string of the molecule is NS(=O)(=O)c1ccc(NC(=O)COc2ccccc2[C@H]2c3sc(=O)[nH]c3SC3C2[C@H]2C[C@@H]3C3C(=O)N(c4ccc(F)cc4)C(=O)C32)cc1. The van der Waals surface area contributed by atoms with E-state index in [4.69, 9.17) is 9.88 Å². The summed E-state index contributed by atoms with van der Waals surface area (Å²) in [5, 5.41) is 8.52. The second kappa shape index (κ2) is 11.4. The van der Waals surface area contributed by atoms with E-state index in [1.54, 1.807) is 23.9 Å². The van der Waals surface area contributed by atoms with Crippen LogP contribution in [0.4, 0.5) is 15.8 Å². The fourth-order valence-electron chi connectivity index (χ4n) is 8.15. The number of benzene rings is 3. The van der Waals surface area contributed by atoms with Crippen LogP contribution in [0.2, 0.25) is 0 Å². The molecule has 0 spiro atoms. The first-order valence-electron chi connectivity index (χ1n) is 15.2. The van der Waals surface area contributed by atoms with Crippen molar-refractivity contribution in [2.45, 2.75) is 27.5 Å². The van der Waals surface area contributed by atoms with E-state index in [2.05, 4.69) is 10.3 Å². The minimum atomic E-state index is -3.88. The van der Waals surface area contributed by atoms with Crippen molar-refractivity contribution in [2.24, 2.45) is 34.7 Å². The summed E-state index contributed by atoms with van der Waals surface area (Å²) in [6.07, 6.45) is 0.692. The van der Waals surface area contributed by atoms with E-state index in [1.807, 2.05) is 12.1 Å². The smallest absolute Gasteiger partial charge is 0.305 e. The van der Waals surface area contributed by atoms with Crippen LogP contribution in [-0.4, -0.2) is 43.0 Å². The van der Waals surface area contributed by atoms with Gasteiger partial charge in [0.1, 0.15) is 11.6 Å². The maximum absolute atomic E-state index is 13.9. The van der Waals surface area contributed by atoms with E-state index in [-0.39, 0.29) is 57.1 Å². The van der Waals surface area contributed by atoms with Crippen LogP contribution >= 0.6 is 23.1 Å². The lowest BCUT2D eigenvalue weighted by Gasteiger charge is -2.43. The molecular weight excluding hydrogens is 680 g/mol. The van der Waals surface area contributed by atoms with Crippen molar-refractivity contribution >= 4 is 62.2 Å². The number of thiazole rings is 1. The Balaban J connectivity index is 1.09. The summed E-state index contributed by atoms with van der Waals surface area (Å²) >= 11 is 2.68. The Morgan fingerprint density at radius 1 is 0.979 bits per heavy atom. The second-order valence-corrected chi connectivity index (χ2v) is 16.2. The van der Waals surface area contributed by atoms with Gasteiger partial charge < -0.3 is 15.0 Å². The molecule has 4 aromatic rings. The third-order valence-corrected chi connectivity index (χ3v) is 13.4. The first-order chi connectivity index (χ1) is 23.0. The maximum atomic E-state index is 13.9. The Bertz CT molecular complexity index is 2150. The summed E-state index contributed by atoms with van der Waals surface area (Å²) in [4.78, 5) is 58.0. The lowest BCUT2D eigenvalue weighted by molar-refractivity contribution is -0.123. The van der Waals surface area contributed by atoms with Crippen molar-refractivity contribution in [3.05, 3.63) is 98.7 Å². The molecule has 0 radical (unpaired) electrons. The predicted octanol–water partition coefficient (Wildman–Crippen LogP) is 3.92. The monoisotopic (exact) mass is 706 g/mol. The molecule has 4 N–H and O–H groups in total. The van der Waals surface area contributed by atoms with Gasteiger partial charge >= 0.3 is 4.87 Å². The quantitative estimate of drug-likeness (QED) is 0.243. The maximum Gasteiger partial charge on any atom is 0.305 e.